The summed E-state index contributed by atoms with van der Waals surface area (Å²) < 4.78 is 0. The van der Waals surface area contributed by atoms with Crippen LogP contribution >= 0.6 is 0 Å². The third-order valence-corrected chi connectivity index (χ3v) is 11.8. The Balaban J connectivity index is 1.06. The van der Waals surface area contributed by atoms with Crippen molar-refractivity contribution in [2.75, 3.05) is 0 Å². The molecule has 0 heterocycles. The first kappa shape index (κ1) is 33.8. The van der Waals surface area contributed by atoms with Gasteiger partial charge in [-0.2, -0.15) is 0 Å². The quantitative estimate of drug-likeness (QED) is 0.149. The summed E-state index contributed by atoms with van der Waals surface area (Å²) in [5, 5.41) is 10.0. The summed E-state index contributed by atoms with van der Waals surface area (Å²) in [7, 11) is 0. The van der Waals surface area contributed by atoms with Crippen LogP contribution in [0.3, 0.4) is 0 Å². The van der Waals surface area contributed by atoms with Crippen molar-refractivity contribution in [1.29, 1.82) is 0 Å². The van der Waals surface area contributed by atoms with Crippen LogP contribution in [0.15, 0.2) is 231 Å². The Kier molecular flexibility index (Phi) is 8.26. The molecule has 11 rings (SSSR count). The van der Waals surface area contributed by atoms with Crippen LogP contribution in [-0.2, 0) is 0 Å². The number of rotatable bonds is 6. The van der Waals surface area contributed by atoms with E-state index in [1.807, 2.05) is 0 Å². The van der Waals surface area contributed by atoms with Gasteiger partial charge in [-0.05, 0) is 140 Å². The van der Waals surface area contributed by atoms with Gasteiger partial charge in [0.05, 0.1) is 0 Å². The molecular formula is C58H38. The van der Waals surface area contributed by atoms with Gasteiger partial charge in [0.1, 0.15) is 0 Å². The van der Waals surface area contributed by atoms with Gasteiger partial charge in [-0.1, -0.05) is 200 Å². The molecule has 0 spiro atoms. The van der Waals surface area contributed by atoms with E-state index in [4.69, 9.17) is 0 Å². The van der Waals surface area contributed by atoms with Gasteiger partial charge in [0.25, 0.3) is 0 Å². The fraction of sp³-hybridized carbons (Fsp3) is 0. The lowest BCUT2D eigenvalue weighted by Gasteiger charge is -2.18. The van der Waals surface area contributed by atoms with Crippen molar-refractivity contribution >= 4 is 43.1 Å². The zero-order valence-corrected chi connectivity index (χ0v) is 31.9. The maximum atomic E-state index is 2.39. The highest BCUT2D eigenvalue weighted by Gasteiger charge is 2.17. The maximum absolute atomic E-state index is 2.39. The average Bonchev–Trinajstić information content (AvgIpc) is 3.30. The van der Waals surface area contributed by atoms with Crippen LogP contribution in [0, 0.1) is 0 Å². The first-order chi connectivity index (χ1) is 28.8. The lowest BCUT2D eigenvalue weighted by atomic mass is 9.85. The second-order valence-electron chi connectivity index (χ2n) is 15.2. The molecule has 11 aromatic rings. The normalized spacial score (nSPS) is 11.4. The molecule has 0 saturated heterocycles. The second-order valence-corrected chi connectivity index (χ2v) is 15.2. The fourth-order valence-corrected chi connectivity index (χ4v) is 9.11. The van der Waals surface area contributed by atoms with Crippen LogP contribution in [0.1, 0.15) is 0 Å². The Morgan fingerprint density at radius 1 is 0.172 bits per heavy atom. The van der Waals surface area contributed by atoms with Crippen LogP contribution in [-0.4, -0.2) is 0 Å². The fourth-order valence-electron chi connectivity index (χ4n) is 9.11. The summed E-state index contributed by atoms with van der Waals surface area (Å²) in [4.78, 5) is 0. The first-order valence-electron chi connectivity index (χ1n) is 20.1. The summed E-state index contributed by atoms with van der Waals surface area (Å²) in [6.07, 6.45) is 0. The highest BCUT2D eigenvalue weighted by Crippen LogP contribution is 2.45. The minimum absolute atomic E-state index is 1.21. The van der Waals surface area contributed by atoms with Crippen LogP contribution in [0.2, 0.25) is 0 Å². The van der Waals surface area contributed by atoms with Gasteiger partial charge in [0, 0.05) is 0 Å². The van der Waals surface area contributed by atoms with Crippen molar-refractivity contribution in [2.24, 2.45) is 0 Å². The monoisotopic (exact) mass is 734 g/mol. The Hall–Kier alpha value is -7.54. The third-order valence-electron chi connectivity index (χ3n) is 11.8. The van der Waals surface area contributed by atoms with Crippen molar-refractivity contribution in [3.63, 3.8) is 0 Å². The molecule has 0 N–H and O–H groups in total. The molecule has 0 aromatic heterocycles. The summed E-state index contributed by atoms with van der Waals surface area (Å²) >= 11 is 0. The summed E-state index contributed by atoms with van der Waals surface area (Å²) in [6.45, 7) is 0. The first-order valence-corrected chi connectivity index (χ1v) is 20.1. The van der Waals surface area contributed by atoms with Gasteiger partial charge < -0.3 is 0 Å². The molecule has 0 aliphatic heterocycles. The topological polar surface area (TPSA) is 0 Å². The molecule has 0 unspecified atom stereocenters. The zero-order valence-electron chi connectivity index (χ0n) is 31.9. The second kappa shape index (κ2) is 14.2. The van der Waals surface area contributed by atoms with Gasteiger partial charge >= 0.3 is 0 Å². The van der Waals surface area contributed by atoms with Crippen LogP contribution in [0.5, 0.6) is 0 Å². The van der Waals surface area contributed by atoms with Gasteiger partial charge in [0.15, 0.2) is 0 Å². The molecule has 0 nitrogen and oxygen atoms in total. The Labute approximate surface area is 339 Å². The van der Waals surface area contributed by atoms with E-state index in [-0.39, 0.29) is 0 Å². The van der Waals surface area contributed by atoms with Gasteiger partial charge in [-0.25, -0.2) is 0 Å². The molecule has 0 amide bonds. The SMILES string of the molecule is c1ccc(-c2cc(-c3ccccc3)cc(-c3ccc(-c4ccc5ccc(-c6c7ccccc7c(-c7ccccc7)c7ccccc67)cc5c4)c4ccccc34)c2)cc1. The van der Waals surface area contributed by atoms with E-state index in [1.165, 1.54) is 110 Å². The van der Waals surface area contributed by atoms with E-state index in [1.54, 1.807) is 0 Å². The smallest absolute Gasteiger partial charge is 0.00262 e. The predicted molar refractivity (Wildman–Crippen MR) is 249 cm³/mol. The molecule has 58 heavy (non-hydrogen) atoms. The number of fused-ring (bicyclic) bond motifs is 4. The Morgan fingerprint density at radius 2 is 0.534 bits per heavy atom. The van der Waals surface area contributed by atoms with Crippen molar-refractivity contribution < 1.29 is 0 Å². The molecule has 0 saturated carbocycles. The number of hydrogen-bond donors (Lipinski definition) is 0. The number of benzene rings is 11. The summed E-state index contributed by atoms with van der Waals surface area (Å²) in [5.41, 5.74) is 14.8. The lowest BCUT2D eigenvalue weighted by molar-refractivity contribution is 1.57. The molecule has 0 aliphatic rings. The number of hydrogen-bond acceptors (Lipinski definition) is 0. The standard InChI is InChI=1S/C58H38/c1-4-16-39(17-5-1)46-36-47(40-18-6-2-7-19-40)38-48(37-46)50-33-32-49(51-22-10-11-23-52(50)51)43-30-28-41-29-31-44(35-45(41)34-43)58-55-26-14-12-24-53(55)57(42-20-8-3-9-21-42)54-25-13-15-27-56(54)58/h1-38H. The van der Waals surface area contributed by atoms with E-state index in [2.05, 4.69) is 231 Å². The minimum atomic E-state index is 1.21. The molecule has 0 heteroatoms. The maximum Gasteiger partial charge on any atom is -0.00262 e. The van der Waals surface area contributed by atoms with Gasteiger partial charge in [0.2, 0.25) is 0 Å². The molecule has 0 aliphatic carbocycles. The minimum Gasteiger partial charge on any atom is -0.0622 e. The van der Waals surface area contributed by atoms with Gasteiger partial charge in [-0.3, -0.25) is 0 Å². The van der Waals surface area contributed by atoms with Crippen LogP contribution < -0.4 is 0 Å². The van der Waals surface area contributed by atoms with E-state index in [0.717, 1.165) is 0 Å². The largest absolute Gasteiger partial charge is 0.0622 e. The molecule has 0 fully saturated rings. The van der Waals surface area contributed by atoms with Crippen molar-refractivity contribution in [3.8, 4) is 66.8 Å². The molecule has 270 valence electrons. The van der Waals surface area contributed by atoms with E-state index < -0.39 is 0 Å². The van der Waals surface area contributed by atoms with Crippen molar-refractivity contribution in [3.05, 3.63) is 231 Å². The van der Waals surface area contributed by atoms with E-state index >= 15 is 0 Å². The Morgan fingerprint density at radius 3 is 1.03 bits per heavy atom. The lowest BCUT2D eigenvalue weighted by Crippen LogP contribution is -1.91. The molecule has 0 bridgehead atoms. The summed E-state index contributed by atoms with van der Waals surface area (Å²) in [5.74, 6) is 0. The zero-order chi connectivity index (χ0) is 38.4. The van der Waals surface area contributed by atoms with Crippen LogP contribution in [0.25, 0.3) is 110 Å². The summed E-state index contributed by atoms with van der Waals surface area (Å²) in [6, 6.07) is 84.5. The van der Waals surface area contributed by atoms with Crippen LogP contribution in [0.4, 0.5) is 0 Å². The predicted octanol–water partition coefficient (Wildman–Crippen LogP) is 16.3. The Bertz CT molecular complexity index is 3190. The molecule has 11 aromatic carbocycles. The van der Waals surface area contributed by atoms with E-state index in [9.17, 15) is 0 Å². The molecular weight excluding hydrogens is 697 g/mol. The third kappa shape index (κ3) is 5.86. The molecule has 0 atom stereocenters. The highest BCUT2D eigenvalue weighted by atomic mass is 14.2. The van der Waals surface area contributed by atoms with E-state index in [0.29, 0.717) is 0 Å². The average molecular weight is 735 g/mol. The molecule has 0 radical (unpaired) electrons. The van der Waals surface area contributed by atoms with Crippen molar-refractivity contribution in [1.82, 2.24) is 0 Å². The van der Waals surface area contributed by atoms with Crippen molar-refractivity contribution in [2.45, 2.75) is 0 Å². The van der Waals surface area contributed by atoms with Gasteiger partial charge in [-0.15, -0.1) is 0 Å². The highest BCUT2D eigenvalue weighted by molar-refractivity contribution is 6.21.